The molecule has 1 aromatic carbocycles. The quantitative estimate of drug-likeness (QED) is 0.824. The minimum Gasteiger partial charge on any atom is -0.342 e. The molecule has 2 N–H and O–H groups in total. The van der Waals surface area contributed by atoms with Gasteiger partial charge in [0.25, 0.3) is 5.91 Å². The Labute approximate surface area is 109 Å². The maximum atomic E-state index is 12.1. The van der Waals surface area contributed by atoms with Crippen molar-refractivity contribution >= 4 is 5.91 Å². The molecule has 0 aliphatic rings. The highest BCUT2D eigenvalue weighted by atomic mass is 16.2. The van der Waals surface area contributed by atoms with Crippen LogP contribution in [-0.4, -0.2) is 30.9 Å². The molecule has 0 heterocycles. The van der Waals surface area contributed by atoms with Gasteiger partial charge in [0.05, 0.1) is 6.54 Å². The van der Waals surface area contributed by atoms with Gasteiger partial charge in [0.15, 0.2) is 0 Å². The van der Waals surface area contributed by atoms with E-state index in [2.05, 4.69) is 18.8 Å². The van der Waals surface area contributed by atoms with Gasteiger partial charge in [-0.1, -0.05) is 18.8 Å². The number of hydrogen-bond acceptors (Lipinski definition) is 2. The molecule has 0 saturated heterocycles. The molecular weight excluding hydrogens is 224 g/mol. The summed E-state index contributed by atoms with van der Waals surface area (Å²) in [6.45, 7) is 5.13. The van der Waals surface area contributed by atoms with Gasteiger partial charge in [0.2, 0.25) is 0 Å². The number of hydrogen-bond donors (Lipinski definition) is 1. The molecule has 0 atom stereocenters. The molecule has 0 fully saturated rings. The third-order valence-corrected chi connectivity index (χ3v) is 2.70. The van der Waals surface area contributed by atoms with Gasteiger partial charge in [0, 0.05) is 24.7 Å². The van der Waals surface area contributed by atoms with E-state index >= 15 is 0 Å². The zero-order chi connectivity index (χ0) is 13.5. The van der Waals surface area contributed by atoms with E-state index in [-0.39, 0.29) is 5.91 Å². The average Bonchev–Trinajstić information content (AvgIpc) is 2.36. The van der Waals surface area contributed by atoms with Crippen LogP contribution >= 0.6 is 0 Å². The minimum atomic E-state index is 0.0540. The van der Waals surface area contributed by atoms with E-state index in [9.17, 15) is 4.79 Å². The van der Waals surface area contributed by atoms with Crippen LogP contribution < -0.4 is 5.73 Å². The Morgan fingerprint density at radius 2 is 2.17 bits per heavy atom. The molecular formula is C15H20N2O. The first kappa shape index (κ1) is 14.3. The Kier molecular flexibility index (Phi) is 5.41. The van der Waals surface area contributed by atoms with Crippen LogP contribution in [0.3, 0.4) is 0 Å². The largest absolute Gasteiger partial charge is 0.342 e. The Balaban J connectivity index is 2.93. The van der Waals surface area contributed by atoms with E-state index in [0.717, 1.165) is 24.1 Å². The first-order valence-electron chi connectivity index (χ1n) is 6.15. The monoisotopic (exact) mass is 244 g/mol. The van der Waals surface area contributed by atoms with Crippen molar-refractivity contribution < 1.29 is 4.79 Å². The second kappa shape index (κ2) is 6.83. The van der Waals surface area contributed by atoms with Crippen molar-refractivity contribution in [2.45, 2.75) is 20.3 Å². The van der Waals surface area contributed by atoms with Crippen molar-refractivity contribution in [3.63, 3.8) is 0 Å². The minimum absolute atomic E-state index is 0.0540. The van der Waals surface area contributed by atoms with Gasteiger partial charge in [-0.05, 0) is 37.1 Å². The lowest BCUT2D eigenvalue weighted by Gasteiger charge is -2.16. The second-order valence-corrected chi connectivity index (χ2v) is 4.26. The van der Waals surface area contributed by atoms with Crippen LogP contribution in [0.25, 0.3) is 0 Å². The van der Waals surface area contributed by atoms with Crippen LogP contribution in [0.5, 0.6) is 0 Å². The summed E-state index contributed by atoms with van der Waals surface area (Å²) in [7, 11) is 1.82. The second-order valence-electron chi connectivity index (χ2n) is 4.26. The smallest absolute Gasteiger partial charge is 0.253 e. The van der Waals surface area contributed by atoms with E-state index in [4.69, 9.17) is 5.73 Å². The molecule has 0 saturated carbocycles. The standard InChI is InChI=1S/C15H20N2O/c1-4-10-17(3)15(18)14-8-7-13(6-5-9-16)12(2)11-14/h7-8,11H,4,9-10,16H2,1-3H3. The van der Waals surface area contributed by atoms with Gasteiger partial charge >= 0.3 is 0 Å². The van der Waals surface area contributed by atoms with E-state index < -0.39 is 0 Å². The number of carbonyl (C=O) groups excluding carboxylic acids is 1. The third kappa shape index (κ3) is 3.61. The zero-order valence-corrected chi connectivity index (χ0v) is 11.3. The summed E-state index contributed by atoms with van der Waals surface area (Å²) in [5.41, 5.74) is 7.99. The predicted octanol–water partition coefficient (Wildman–Crippen LogP) is 1.79. The van der Waals surface area contributed by atoms with E-state index in [1.165, 1.54) is 0 Å². The Bertz CT molecular complexity index is 483. The van der Waals surface area contributed by atoms with Crippen LogP contribution in [0.15, 0.2) is 18.2 Å². The lowest BCUT2D eigenvalue weighted by atomic mass is 10.0. The van der Waals surface area contributed by atoms with Crippen molar-refractivity contribution in [1.29, 1.82) is 0 Å². The lowest BCUT2D eigenvalue weighted by Crippen LogP contribution is -2.27. The highest BCUT2D eigenvalue weighted by Crippen LogP contribution is 2.12. The fraction of sp³-hybridized carbons (Fsp3) is 0.400. The molecule has 0 unspecified atom stereocenters. The maximum Gasteiger partial charge on any atom is 0.253 e. The summed E-state index contributed by atoms with van der Waals surface area (Å²) >= 11 is 0. The van der Waals surface area contributed by atoms with E-state index in [1.54, 1.807) is 4.90 Å². The van der Waals surface area contributed by atoms with Gasteiger partial charge < -0.3 is 10.6 Å². The Morgan fingerprint density at radius 3 is 2.72 bits per heavy atom. The number of amides is 1. The molecule has 0 spiro atoms. The zero-order valence-electron chi connectivity index (χ0n) is 11.3. The molecule has 1 aromatic rings. The van der Waals surface area contributed by atoms with Crippen molar-refractivity contribution in [3.8, 4) is 11.8 Å². The molecule has 0 aromatic heterocycles. The Morgan fingerprint density at radius 1 is 1.44 bits per heavy atom. The van der Waals surface area contributed by atoms with Gasteiger partial charge in [-0.15, -0.1) is 0 Å². The van der Waals surface area contributed by atoms with Crippen LogP contribution in [0, 0.1) is 18.8 Å². The summed E-state index contributed by atoms with van der Waals surface area (Å²) in [5.74, 6) is 5.87. The molecule has 3 heteroatoms. The summed E-state index contributed by atoms with van der Waals surface area (Å²) < 4.78 is 0. The fourth-order valence-electron chi connectivity index (χ4n) is 1.74. The van der Waals surface area contributed by atoms with Crippen LogP contribution in [0.1, 0.15) is 34.8 Å². The predicted molar refractivity (Wildman–Crippen MR) is 74.4 cm³/mol. The molecule has 0 radical (unpaired) electrons. The third-order valence-electron chi connectivity index (χ3n) is 2.70. The number of nitrogens with two attached hydrogens (primary N) is 1. The summed E-state index contributed by atoms with van der Waals surface area (Å²) in [6, 6.07) is 5.59. The summed E-state index contributed by atoms with van der Waals surface area (Å²) in [5, 5.41) is 0. The number of benzene rings is 1. The van der Waals surface area contributed by atoms with Gasteiger partial charge in [0.1, 0.15) is 0 Å². The molecule has 96 valence electrons. The summed E-state index contributed by atoms with van der Waals surface area (Å²) in [6.07, 6.45) is 0.960. The molecule has 1 amide bonds. The number of carbonyl (C=O) groups is 1. The van der Waals surface area contributed by atoms with Crippen molar-refractivity contribution in [1.82, 2.24) is 4.90 Å². The van der Waals surface area contributed by atoms with E-state index in [0.29, 0.717) is 12.1 Å². The molecule has 18 heavy (non-hydrogen) atoms. The Hall–Kier alpha value is -1.79. The van der Waals surface area contributed by atoms with Crippen molar-refractivity contribution in [3.05, 3.63) is 34.9 Å². The highest BCUT2D eigenvalue weighted by Gasteiger charge is 2.11. The van der Waals surface area contributed by atoms with Gasteiger partial charge in [-0.2, -0.15) is 0 Å². The molecule has 0 aliphatic carbocycles. The van der Waals surface area contributed by atoms with Crippen LogP contribution in [0.2, 0.25) is 0 Å². The molecule has 1 rings (SSSR count). The average molecular weight is 244 g/mol. The van der Waals surface area contributed by atoms with Gasteiger partial charge in [-0.25, -0.2) is 0 Å². The highest BCUT2D eigenvalue weighted by molar-refractivity contribution is 5.94. The molecule has 3 nitrogen and oxygen atoms in total. The normalized spacial score (nSPS) is 9.56. The number of rotatable bonds is 3. The maximum absolute atomic E-state index is 12.1. The first-order valence-corrected chi connectivity index (χ1v) is 6.15. The van der Waals surface area contributed by atoms with Gasteiger partial charge in [-0.3, -0.25) is 4.79 Å². The SMILES string of the molecule is CCCN(C)C(=O)c1ccc(C#CCN)c(C)c1. The topological polar surface area (TPSA) is 46.3 Å². The number of aryl methyl sites for hydroxylation is 1. The van der Waals surface area contributed by atoms with Crippen molar-refractivity contribution in [2.75, 3.05) is 20.1 Å². The molecule has 0 aliphatic heterocycles. The lowest BCUT2D eigenvalue weighted by molar-refractivity contribution is 0.0795. The first-order chi connectivity index (χ1) is 8.60. The van der Waals surface area contributed by atoms with Crippen LogP contribution in [-0.2, 0) is 0 Å². The number of nitrogens with zero attached hydrogens (tertiary/aromatic N) is 1. The molecule has 0 bridgehead atoms. The fourth-order valence-corrected chi connectivity index (χ4v) is 1.74. The van der Waals surface area contributed by atoms with Crippen molar-refractivity contribution in [2.24, 2.45) is 5.73 Å². The van der Waals surface area contributed by atoms with E-state index in [1.807, 2.05) is 32.2 Å². The summed E-state index contributed by atoms with van der Waals surface area (Å²) in [4.78, 5) is 13.8. The van der Waals surface area contributed by atoms with Crippen LogP contribution in [0.4, 0.5) is 0 Å².